The highest BCUT2D eigenvalue weighted by Crippen LogP contribution is 2.45. The first-order chi connectivity index (χ1) is 18.3. The Labute approximate surface area is 218 Å². The number of carbonyl (C=O) groups is 2. The third-order valence-corrected chi connectivity index (χ3v) is 7.47. The molecular weight excluding hydrogens is 487 g/mol. The molecule has 1 fully saturated rings. The molecule has 0 bridgehead atoms. The standard InChI is InChI=1S/C27H27FN8O2/c1-4-34-12-13-35(26(34)38)25-20-22(30-19(15-37)27(20,2)3)31-23(32-25)21-17-9-7-11-29-24(17)36(33-21)14-16-8-5-6-10-18(16)28/h5-11,15,19H,4,12-14H2,1-3H3,(H,30,31,32). The lowest BCUT2D eigenvalue weighted by Crippen LogP contribution is -2.37. The quantitative estimate of drug-likeness (QED) is 0.392. The van der Waals surface area contributed by atoms with Gasteiger partial charge in [-0.2, -0.15) is 5.10 Å². The van der Waals surface area contributed by atoms with Crippen molar-refractivity contribution < 1.29 is 14.0 Å². The number of amides is 2. The van der Waals surface area contributed by atoms with Crippen LogP contribution in [-0.4, -0.2) is 67.6 Å². The second-order valence-corrected chi connectivity index (χ2v) is 10.1. The Morgan fingerprint density at radius 1 is 1.16 bits per heavy atom. The van der Waals surface area contributed by atoms with Gasteiger partial charge < -0.3 is 15.0 Å². The van der Waals surface area contributed by atoms with Gasteiger partial charge in [0, 0.05) is 42.4 Å². The van der Waals surface area contributed by atoms with Gasteiger partial charge in [0.2, 0.25) is 0 Å². The van der Waals surface area contributed by atoms with Gasteiger partial charge in [0.15, 0.2) is 11.5 Å². The van der Waals surface area contributed by atoms with Gasteiger partial charge in [-0.3, -0.25) is 4.90 Å². The molecule has 0 spiro atoms. The number of anilines is 2. The molecule has 5 heterocycles. The van der Waals surface area contributed by atoms with E-state index < -0.39 is 11.5 Å². The summed E-state index contributed by atoms with van der Waals surface area (Å²) in [6.07, 6.45) is 2.51. The van der Waals surface area contributed by atoms with E-state index in [9.17, 15) is 14.0 Å². The number of urea groups is 1. The van der Waals surface area contributed by atoms with Gasteiger partial charge in [-0.25, -0.2) is 28.8 Å². The van der Waals surface area contributed by atoms with Crippen molar-refractivity contribution in [2.75, 3.05) is 29.9 Å². The van der Waals surface area contributed by atoms with Gasteiger partial charge in [-0.05, 0) is 25.1 Å². The van der Waals surface area contributed by atoms with E-state index in [1.165, 1.54) is 6.07 Å². The van der Waals surface area contributed by atoms with Crippen LogP contribution in [-0.2, 0) is 16.8 Å². The van der Waals surface area contributed by atoms with E-state index in [2.05, 4.69) is 10.3 Å². The molecule has 4 aromatic rings. The SMILES string of the molecule is CCN1CCN(c2nc(-c3nn(Cc4ccccc4F)c4ncccc34)nc3c2C(C)(C)C(C=O)N3)C1=O. The molecule has 1 saturated heterocycles. The van der Waals surface area contributed by atoms with Crippen molar-refractivity contribution in [2.24, 2.45) is 0 Å². The summed E-state index contributed by atoms with van der Waals surface area (Å²) in [5.41, 5.74) is 1.58. The van der Waals surface area contributed by atoms with Crippen LogP contribution in [0.2, 0.25) is 0 Å². The second kappa shape index (κ2) is 8.86. The van der Waals surface area contributed by atoms with Crippen LogP contribution in [0.5, 0.6) is 0 Å². The molecule has 11 heteroatoms. The number of hydrogen-bond acceptors (Lipinski definition) is 7. The number of fused-ring (bicyclic) bond motifs is 2. The first-order valence-electron chi connectivity index (χ1n) is 12.6. The van der Waals surface area contributed by atoms with Crippen LogP contribution >= 0.6 is 0 Å². The molecule has 3 aromatic heterocycles. The fourth-order valence-corrected chi connectivity index (χ4v) is 5.28. The summed E-state index contributed by atoms with van der Waals surface area (Å²) in [6, 6.07) is 9.53. The summed E-state index contributed by atoms with van der Waals surface area (Å²) >= 11 is 0. The predicted molar refractivity (Wildman–Crippen MR) is 141 cm³/mol. The molecule has 2 aliphatic heterocycles. The number of hydrogen-bond donors (Lipinski definition) is 1. The minimum atomic E-state index is -0.640. The molecule has 0 saturated carbocycles. The third kappa shape index (κ3) is 3.60. The van der Waals surface area contributed by atoms with E-state index in [0.29, 0.717) is 59.4 Å². The van der Waals surface area contributed by atoms with Crippen molar-refractivity contribution in [2.45, 2.75) is 38.8 Å². The number of carbonyl (C=O) groups excluding carboxylic acids is 2. The molecule has 2 amide bonds. The summed E-state index contributed by atoms with van der Waals surface area (Å²) < 4.78 is 16.1. The zero-order valence-corrected chi connectivity index (χ0v) is 21.3. The fraction of sp³-hybridized carbons (Fsp3) is 0.333. The Morgan fingerprint density at radius 3 is 2.71 bits per heavy atom. The lowest BCUT2D eigenvalue weighted by molar-refractivity contribution is -0.109. The molecule has 194 valence electrons. The van der Waals surface area contributed by atoms with Crippen molar-refractivity contribution in [1.29, 1.82) is 0 Å². The first kappa shape index (κ1) is 24.0. The highest BCUT2D eigenvalue weighted by atomic mass is 19.1. The van der Waals surface area contributed by atoms with Crippen LogP contribution < -0.4 is 10.2 Å². The number of aldehydes is 1. The summed E-state index contributed by atoms with van der Waals surface area (Å²) in [6.45, 7) is 7.64. The number of nitrogens with one attached hydrogen (secondary N) is 1. The van der Waals surface area contributed by atoms with Gasteiger partial charge in [0.05, 0.1) is 18.0 Å². The summed E-state index contributed by atoms with van der Waals surface area (Å²) in [7, 11) is 0. The van der Waals surface area contributed by atoms with Gasteiger partial charge in [-0.15, -0.1) is 0 Å². The highest BCUT2D eigenvalue weighted by Gasteiger charge is 2.46. The number of pyridine rings is 1. The normalized spacial score (nSPS) is 18.2. The Hall–Kier alpha value is -4.41. The van der Waals surface area contributed by atoms with Gasteiger partial charge in [0.1, 0.15) is 29.4 Å². The van der Waals surface area contributed by atoms with Crippen molar-refractivity contribution in [1.82, 2.24) is 29.6 Å². The number of benzene rings is 1. The lowest BCUT2D eigenvalue weighted by Gasteiger charge is -2.27. The minimum absolute atomic E-state index is 0.138. The number of halogens is 1. The molecule has 1 N–H and O–H groups in total. The van der Waals surface area contributed by atoms with E-state index >= 15 is 0 Å². The van der Waals surface area contributed by atoms with E-state index in [1.807, 2.05) is 26.8 Å². The number of rotatable bonds is 6. The maximum Gasteiger partial charge on any atom is 0.325 e. The largest absolute Gasteiger partial charge is 0.359 e. The summed E-state index contributed by atoms with van der Waals surface area (Å²) in [5.74, 6) is 0.926. The molecule has 1 unspecified atom stereocenters. The van der Waals surface area contributed by atoms with E-state index in [4.69, 9.17) is 15.1 Å². The van der Waals surface area contributed by atoms with Crippen molar-refractivity contribution >= 4 is 35.0 Å². The van der Waals surface area contributed by atoms with Crippen LogP contribution in [0, 0.1) is 5.82 Å². The van der Waals surface area contributed by atoms with Crippen molar-refractivity contribution in [3.8, 4) is 11.5 Å². The molecule has 1 aromatic carbocycles. The number of aromatic nitrogens is 5. The predicted octanol–water partition coefficient (Wildman–Crippen LogP) is 3.61. The molecule has 38 heavy (non-hydrogen) atoms. The molecule has 10 nitrogen and oxygen atoms in total. The second-order valence-electron chi connectivity index (χ2n) is 10.1. The monoisotopic (exact) mass is 514 g/mol. The van der Waals surface area contributed by atoms with Gasteiger partial charge >= 0.3 is 6.03 Å². The molecule has 2 aliphatic rings. The van der Waals surface area contributed by atoms with E-state index in [1.54, 1.807) is 44.9 Å². The van der Waals surface area contributed by atoms with Crippen molar-refractivity contribution in [3.63, 3.8) is 0 Å². The molecule has 0 aliphatic carbocycles. The Bertz CT molecular complexity index is 1580. The summed E-state index contributed by atoms with van der Waals surface area (Å²) in [5, 5.41) is 8.68. The van der Waals surface area contributed by atoms with Crippen molar-refractivity contribution in [3.05, 3.63) is 59.5 Å². The fourth-order valence-electron chi connectivity index (χ4n) is 5.28. The van der Waals surface area contributed by atoms with Crippen LogP contribution in [0.25, 0.3) is 22.6 Å². The Morgan fingerprint density at radius 2 is 1.97 bits per heavy atom. The van der Waals surface area contributed by atoms with E-state index in [0.717, 1.165) is 11.8 Å². The summed E-state index contributed by atoms with van der Waals surface area (Å²) in [4.78, 5) is 42.8. The minimum Gasteiger partial charge on any atom is -0.359 e. The molecule has 1 atom stereocenters. The average Bonchev–Trinajstić information content (AvgIpc) is 3.55. The van der Waals surface area contributed by atoms with Crippen LogP contribution in [0.1, 0.15) is 31.9 Å². The van der Waals surface area contributed by atoms with Crippen LogP contribution in [0.3, 0.4) is 0 Å². The third-order valence-electron chi connectivity index (χ3n) is 7.47. The maximum absolute atomic E-state index is 14.5. The van der Waals surface area contributed by atoms with Crippen LogP contribution in [0.4, 0.5) is 20.8 Å². The van der Waals surface area contributed by atoms with Crippen LogP contribution in [0.15, 0.2) is 42.6 Å². The number of likely N-dealkylation sites (N-methyl/N-ethyl adjacent to an activating group) is 1. The Balaban J connectivity index is 1.53. The number of nitrogens with zero attached hydrogens (tertiary/aromatic N) is 7. The van der Waals surface area contributed by atoms with Gasteiger partial charge in [0.25, 0.3) is 0 Å². The van der Waals surface area contributed by atoms with Gasteiger partial charge in [-0.1, -0.05) is 32.0 Å². The smallest absolute Gasteiger partial charge is 0.325 e. The maximum atomic E-state index is 14.5. The van der Waals surface area contributed by atoms with E-state index in [-0.39, 0.29) is 18.4 Å². The lowest BCUT2D eigenvalue weighted by atomic mass is 9.81. The first-order valence-corrected chi connectivity index (χ1v) is 12.6. The molecule has 6 rings (SSSR count). The molecular formula is C27H27FN8O2. The zero-order chi connectivity index (χ0) is 26.6. The average molecular weight is 515 g/mol. The Kier molecular flexibility index (Phi) is 5.59. The molecule has 0 radical (unpaired) electrons. The highest BCUT2D eigenvalue weighted by molar-refractivity contribution is 5.97. The zero-order valence-electron chi connectivity index (χ0n) is 21.3. The topological polar surface area (TPSA) is 109 Å².